The Morgan fingerprint density at radius 2 is 1.89 bits per heavy atom. The first kappa shape index (κ1) is 13.4. The molecule has 1 saturated carbocycles. The molecule has 2 N–H and O–H groups in total. The van der Waals surface area contributed by atoms with Gasteiger partial charge in [-0.25, -0.2) is 0 Å². The van der Waals surface area contributed by atoms with Crippen molar-refractivity contribution in [1.82, 2.24) is 0 Å². The summed E-state index contributed by atoms with van der Waals surface area (Å²) in [5, 5.41) is 9.74. The predicted octanol–water partition coefficient (Wildman–Crippen LogP) is 3.41. The van der Waals surface area contributed by atoms with E-state index in [1.54, 1.807) is 0 Å². The standard InChI is InChI=1S/C14H18O3S/c15-13(16)14(10-18-17,12-8-4-5-9-12)11-6-2-1-3-7-11/h1-3,6-7,12,17H,4-5,8-10H2,(H,15,16). The molecule has 0 amide bonds. The van der Waals surface area contributed by atoms with Crippen molar-refractivity contribution in [2.75, 3.05) is 5.75 Å². The van der Waals surface area contributed by atoms with Crippen LogP contribution in [0.1, 0.15) is 31.2 Å². The van der Waals surface area contributed by atoms with E-state index in [1.807, 2.05) is 30.3 Å². The molecule has 0 aliphatic heterocycles. The molecule has 0 bridgehead atoms. The van der Waals surface area contributed by atoms with Gasteiger partial charge in [-0.1, -0.05) is 43.2 Å². The summed E-state index contributed by atoms with van der Waals surface area (Å²) in [6.07, 6.45) is 4.04. The first-order valence-corrected chi connectivity index (χ1v) is 7.21. The summed E-state index contributed by atoms with van der Waals surface area (Å²) in [4.78, 5) is 11.9. The molecule has 2 rings (SSSR count). The zero-order valence-corrected chi connectivity index (χ0v) is 11.0. The number of benzene rings is 1. The summed E-state index contributed by atoms with van der Waals surface area (Å²) in [5.74, 6) is -0.476. The van der Waals surface area contributed by atoms with E-state index >= 15 is 0 Å². The average Bonchev–Trinajstić information content (AvgIpc) is 2.90. The van der Waals surface area contributed by atoms with Gasteiger partial charge in [0.15, 0.2) is 0 Å². The normalized spacial score (nSPS) is 19.6. The molecule has 1 aromatic rings. The fourth-order valence-electron chi connectivity index (χ4n) is 3.05. The minimum absolute atomic E-state index is 0.122. The lowest BCUT2D eigenvalue weighted by Gasteiger charge is -2.34. The van der Waals surface area contributed by atoms with Gasteiger partial charge in [0.1, 0.15) is 5.41 Å². The van der Waals surface area contributed by atoms with Gasteiger partial charge in [0, 0.05) is 5.75 Å². The Bertz CT molecular complexity index is 401. The van der Waals surface area contributed by atoms with Gasteiger partial charge in [-0.2, -0.15) is 0 Å². The van der Waals surface area contributed by atoms with Gasteiger partial charge < -0.3 is 9.66 Å². The van der Waals surface area contributed by atoms with Crippen LogP contribution in [-0.2, 0) is 10.2 Å². The van der Waals surface area contributed by atoms with Gasteiger partial charge in [0.25, 0.3) is 0 Å². The van der Waals surface area contributed by atoms with Gasteiger partial charge in [-0.05, 0) is 36.4 Å². The van der Waals surface area contributed by atoms with Gasteiger partial charge in [-0.15, -0.1) is 0 Å². The Hall–Kier alpha value is -1.00. The molecule has 0 saturated heterocycles. The summed E-state index contributed by atoms with van der Waals surface area (Å²) >= 11 is 0.638. The van der Waals surface area contributed by atoms with Crippen molar-refractivity contribution in [1.29, 1.82) is 0 Å². The molecule has 1 unspecified atom stereocenters. The van der Waals surface area contributed by atoms with Crippen LogP contribution in [0, 0.1) is 5.92 Å². The Balaban J connectivity index is 2.45. The van der Waals surface area contributed by atoms with Crippen molar-refractivity contribution in [2.24, 2.45) is 5.92 Å². The van der Waals surface area contributed by atoms with Crippen molar-refractivity contribution in [3.8, 4) is 0 Å². The lowest BCUT2D eigenvalue weighted by molar-refractivity contribution is -0.145. The molecular formula is C14H18O3S. The highest BCUT2D eigenvalue weighted by molar-refractivity contribution is 7.93. The van der Waals surface area contributed by atoms with Crippen LogP contribution in [0.4, 0.5) is 0 Å². The lowest BCUT2D eigenvalue weighted by atomic mass is 9.70. The Labute approximate surface area is 111 Å². The number of hydrogen-bond donors (Lipinski definition) is 2. The number of rotatable bonds is 5. The second-order valence-electron chi connectivity index (χ2n) is 4.90. The van der Waals surface area contributed by atoms with Gasteiger partial charge in [-0.3, -0.25) is 4.79 Å². The van der Waals surface area contributed by atoms with Gasteiger partial charge in [0.05, 0.1) is 0 Å². The second-order valence-corrected chi connectivity index (χ2v) is 5.44. The molecule has 98 valence electrons. The van der Waals surface area contributed by atoms with Crippen molar-refractivity contribution < 1.29 is 14.5 Å². The molecule has 1 atom stereocenters. The van der Waals surface area contributed by atoms with Gasteiger partial charge >= 0.3 is 5.97 Å². The molecule has 0 heterocycles. The number of aliphatic carboxylic acids is 1. The van der Waals surface area contributed by atoms with E-state index in [4.69, 9.17) is 0 Å². The molecule has 0 radical (unpaired) electrons. The number of hydrogen-bond acceptors (Lipinski definition) is 3. The van der Waals surface area contributed by atoms with Crippen molar-refractivity contribution in [3.63, 3.8) is 0 Å². The quantitative estimate of drug-likeness (QED) is 0.802. The topological polar surface area (TPSA) is 57.5 Å². The monoisotopic (exact) mass is 266 g/mol. The fourth-order valence-corrected chi connectivity index (χ4v) is 3.78. The first-order valence-electron chi connectivity index (χ1n) is 6.27. The largest absolute Gasteiger partial charge is 0.481 e. The van der Waals surface area contributed by atoms with Crippen molar-refractivity contribution in [3.05, 3.63) is 35.9 Å². The van der Waals surface area contributed by atoms with Crippen LogP contribution in [-0.4, -0.2) is 21.4 Å². The van der Waals surface area contributed by atoms with Crippen LogP contribution in [0.25, 0.3) is 0 Å². The van der Waals surface area contributed by atoms with Gasteiger partial charge in [0.2, 0.25) is 0 Å². The maximum Gasteiger partial charge on any atom is 0.315 e. The third-order valence-electron chi connectivity index (χ3n) is 4.01. The zero-order valence-electron chi connectivity index (χ0n) is 10.2. The summed E-state index contributed by atoms with van der Waals surface area (Å²) in [5.41, 5.74) is -0.136. The van der Waals surface area contributed by atoms with E-state index in [0.717, 1.165) is 31.2 Å². The Morgan fingerprint density at radius 3 is 2.39 bits per heavy atom. The molecule has 18 heavy (non-hydrogen) atoms. The Kier molecular flexibility index (Phi) is 4.30. The molecule has 1 aliphatic carbocycles. The van der Waals surface area contributed by atoms with E-state index in [0.29, 0.717) is 12.0 Å². The van der Waals surface area contributed by atoms with E-state index < -0.39 is 11.4 Å². The van der Waals surface area contributed by atoms with Crippen LogP contribution in [0.3, 0.4) is 0 Å². The maximum absolute atomic E-state index is 11.9. The van der Waals surface area contributed by atoms with Crippen molar-refractivity contribution in [2.45, 2.75) is 31.1 Å². The smallest absolute Gasteiger partial charge is 0.315 e. The molecule has 1 aromatic carbocycles. The highest BCUT2D eigenvalue weighted by Gasteiger charge is 2.48. The molecule has 0 aromatic heterocycles. The molecule has 1 aliphatic rings. The fraction of sp³-hybridized carbons (Fsp3) is 0.500. The number of carboxylic acid groups (broad SMARTS) is 1. The number of carboxylic acids is 1. The third kappa shape index (κ3) is 2.27. The summed E-state index contributed by atoms with van der Waals surface area (Å²) < 4.78 is 9.23. The minimum atomic E-state index is -0.947. The third-order valence-corrected chi connectivity index (χ3v) is 4.60. The first-order chi connectivity index (χ1) is 8.71. The van der Waals surface area contributed by atoms with Crippen LogP contribution < -0.4 is 0 Å². The van der Waals surface area contributed by atoms with Crippen LogP contribution >= 0.6 is 12.0 Å². The van der Waals surface area contributed by atoms with E-state index in [-0.39, 0.29) is 11.7 Å². The molecular weight excluding hydrogens is 248 g/mol. The second kappa shape index (κ2) is 5.76. The molecule has 4 heteroatoms. The lowest BCUT2D eigenvalue weighted by Crippen LogP contribution is -2.44. The SMILES string of the molecule is O=C(O)C(CSO)(c1ccccc1)C1CCCC1. The zero-order chi connectivity index (χ0) is 13.0. The Morgan fingerprint density at radius 1 is 1.28 bits per heavy atom. The van der Waals surface area contributed by atoms with Crippen molar-refractivity contribution >= 4 is 18.0 Å². The average molecular weight is 266 g/mol. The maximum atomic E-state index is 11.9. The summed E-state index contributed by atoms with van der Waals surface area (Å²) in [7, 11) is 0. The molecule has 3 nitrogen and oxygen atoms in total. The van der Waals surface area contributed by atoms with Crippen LogP contribution in [0.5, 0.6) is 0 Å². The highest BCUT2D eigenvalue weighted by Crippen LogP contribution is 2.44. The molecule has 0 spiro atoms. The predicted molar refractivity (Wildman–Crippen MR) is 72.8 cm³/mol. The highest BCUT2D eigenvalue weighted by atomic mass is 32.2. The summed E-state index contributed by atoms with van der Waals surface area (Å²) in [6, 6.07) is 9.34. The summed E-state index contributed by atoms with van der Waals surface area (Å²) in [6.45, 7) is 0. The van der Waals surface area contributed by atoms with Crippen LogP contribution in [0.15, 0.2) is 30.3 Å². The van der Waals surface area contributed by atoms with E-state index in [1.165, 1.54) is 0 Å². The minimum Gasteiger partial charge on any atom is -0.481 e. The number of carbonyl (C=O) groups is 1. The molecule has 1 fully saturated rings. The van der Waals surface area contributed by atoms with Crippen LogP contribution in [0.2, 0.25) is 0 Å². The van der Waals surface area contributed by atoms with E-state index in [2.05, 4.69) is 0 Å². The van der Waals surface area contributed by atoms with E-state index in [9.17, 15) is 14.5 Å².